The van der Waals surface area contributed by atoms with Crippen LogP contribution in [0.25, 0.3) is 0 Å². The molecule has 6 heteroatoms. The Hall–Kier alpha value is -1.59. The van der Waals surface area contributed by atoms with Gasteiger partial charge in [0.2, 0.25) is 0 Å². The van der Waals surface area contributed by atoms with Crippen molar-refractivity contribution in [3.63, 3.8) is 0 Å². The van der Waals surface area contributed by atoms with E-state index in [9.17, 15) is 14.4 Å². The van der Waals surface area contributed by atoms with E-state index < -0.39 is 36.2 Å². The molecule has 3 unspecified atom stereocenters. The van der Waals surface area contributed by atoms with Gasteiger partial charge in [-0.3, -0.25) is 14.4 Å². The van der Waals surface area contributed by atoms with E-state index in [1.807, 2.05) is 6.92 Å². The highest BCUT2D eigenvalue weighted by atomic mass is 16.5. The van der Waals surface area contributed by atoms with Crippen molar-refractivity contribution in [3.8, 4) is 0 Å². The molecule has 0 aliphatic carbocycles. The van der Waals surface area contributed by atoms with Crippen molar-refractivity contribution in [2.75, 3.05) is 0 Å². The van der Waals surface area contributed by atoms with Crippen molar-refractivity contribution in [2.24, 2.45) is 11.8 Å². The standard InChI is InChI=1S/C12H20O6/c1-4-5-7(2)18-12(17)9(6-10(13)14)8(3)11(15)16/h7-9H,4-6H2,1-3H3,(H,13,14)(H,15,16). The molecular formula is C12H20O6. The monoisotopic (exact) mass is 260 g/mol. The van der Waals surface area contributed by atoms with Crippen LogP contribution in [-0.4, -0.2) is 34.2 Å². The lowest BCUT2D eigenvalue weighted by Gasteiger charge is -2.20. The fourth-order valence-corrected chi connectivity index (χ4v) is 1.58. The summed E-state index contributed by atoms with van der Waals surface area (Å²) < 4.78 is 5.06. The summed E-state index contributed by atoms with van der Waals surface area (Å²) in [5, 5.41) is 17.6. The third kappa shape index (κ3) is 5.65. The van der Waals surface area contributed by atoms with Gasteiger partial charge in [0, 0.05) is 0 Å². The lowest BCUT2D eigenvalue weighted by molar-refractivity contribution is -0.163. The SMILES string of the molecule is CCCC(C)OC(=O)C(CC(=O)O)C(C)C(=O)O. The quantitative estimate of drug-likeness (QED) is 0.642. The molecule has 0 aromatic carbocycles. The third-order valence-electron chi connectivity index (χ3n) is 2.70. The molecule has 0 fully saturated rings. The Morgan fingerprint density at radius 3 is 2.11 bits per heavy atom. The smallest absolute Gasteiger partial charge is 0.310 e. The highest BCUT2D eigenvalue weighted by molar-refractivity contribution is 5.84. The maximum Gasteiger partial charge on any atom is 0.310 e. The highest BCUT2D eigenvalue weighted by Gasteiger charge is 2.34. The van der Waals surface area contributed by atoms with Crippen molar-refractivity contribution < 1.29 is 29.3 Å². The van der Waals surface area contributed by atoms with Gasteiger partial charge in [0.1, 0.15) is 0 Å². The average molecular weight is 260 g/mol. The van der Waals surface area contributed by atoms with Gasteiger partial charge in [0.15, 0.2) is 0 Å². The first-order valence-electron chi connectivity index (χ1n) is 5.94. The first kappa shape index (κ1) is 16.4. The fraction of sp³-hybridized carbons (Fsp3) is 0.750. The number of ether oxygens (including phenoxy) is 1. The van der Waals surface area contributed by atoms with E-state index in [4.69, 9.17) is 14.9 Å². The summed E-state index contributed by atoms with van der Waals surface area (Å²) in [5.74, 6) is -5.41. The average Bonchev–Trinajstić information content (AvgIpc) is 2.24. The van der Waals surface area contributed by atoms with Crippen LogP contribution in [0.3, 0.4) is 0 Å². The molecule has 104 valence electrons. The normalized spacial score (nSPS) is 15.5. The summed E-state index contributed by atoms with van der Waals surface area (Å²) in [4.78, 5) is 33.3. The van der Waals surface area contributed by atoms with Crippen LogP contribution in [-0.2, 0) is 19.1 Å². The van der Waals surface area contributed by atoms with Gasteiger partial charge < -0.3 is 14.9 Å². The molecule has 0 aliphatic heterocycles. The van der Waals surface area contributed by atoms with E-state index in [-0.39, 0.29) is 6.10 Å². The number of carbonyl (C=O) groups is 3. The first-order chi connectivity index (χ1) is 8.29. The maximum absolute atomic E-state index is 11.8. The maximum atomic E-state index is 11.8. The molecule has 0 amide bonds. The van der Waals surface area contributed by atoms with Crippen molar-refractivity contribution in [2.45, 2.75) is 46.1 Å². The fourth-order valence-electron chi connectivity index (χ4n) is 1.58. The van der Waals surface area contributed by atoms with Crippen molar-refractivity contribution in [1.82, 2.24) is 0 Å². The second kappa shape index (κ2) is 7.68. The molecule has 0 heterocycles. The van der Waals surface area contributed by atoms with E-state index in [1.165, 1.54) is 6.92 Å². The molecule has 0 saturated heterocycles. The largest absolute Gasteiger partial charge is 0.481 e. The predicted molar refractivity (Wildman–Crippen MR) is 63.0 cm³/mol. The molecule has 18 heavy (non-hydrogen) atoms. The number of rotatable bonds is 8. The first-order valence-corrected chi connectivity index (χ1v) is 5.94. The van der Waals surface area contributed by atoms with Gasteiger partial charge in [-0.15, -0.1) is 0 Å². The molecular weight excluding hydrogens is 240 g/mol. The van der Waals surface area contributed by atoms with Gasteiger partial charge in [-0.2, -0.15) is 0 Å². The van der Waals surface area contributed by atoms with E-state index in [2.05, 4.69) is 0 Å². The zero-order chi connectivity index (χ0) is 14.3. The van der Waals surface area contributed by atoms with Gasteiger partial charge in [-0.25, -0.2) is 0 Å². The molecule has 0 saturated carbocycles. The van der Waals surface area contributed by atoms with Crippen molar-refractivity contribution >= 4 is 17.9 Å². The van der Waals surface area contributed by atoms with Crippen molar-refractivity contribution in [3.05, 3.63) is 0 Å². The summed E-state index contributed by atoms with van der Waals surface area (Å²) in [6.07, 6.45) is 0.616. The van der Waals surface area contributed by atoms with E-state index in [0.717, 1.165) is 6.42 Å². The molecule has 0 aliphatic rings. The van der Waals surface area contributed by atoms with Crippen LogP contribution in [0.1, 0.15) is 40.0 Å². The Labute approximate surface area is 106 Å². The number of hydrogen-bond acceptors (Lipinski definition) is 4. The Bertz CT molecular complexity index is 312. The lowest BCUT2D eigenvalue weighted by Crippen LogP contribution is -2.33. The molecule has 3 atom stereocenters. The molecule has 0 aromatic rings. The van der Waals surface area contributed by atoms with Crippen LogP contribution in [0.5, 0.6) is 0 Å². The van der Waals surface area contributed by atoms with E-state index in [1.54, 1.807) is 6.92 Å². The summed E-state index contributed by atoms with van der Waals surface area (Å²) in [5.41, 5.74) is 0. The number of carbonyl (C=O) groups excluding carboxylic acids is 1. The number of carboxylic acid groups (broad SMARTS) is 2. The number of hydrogen-bond donors (Lipinski definition) is 2. The van der Waals surface area contributed by atoms with Crippen LogP contribution in [0.2, 0.25) is 0 Å². The summed E-state index contributed by atoms with van der Waals surface area (Å²) in [7, 11) is 0. The zero-order valence-corrected chi connectivity index (χ0v) is 10.9. The van der Waals surface area contributed by atoms with E-state index >= 15 is 0 Å². The molecule has 0 spiro atoms. The van der Waals surface area contributed by atoms with Crippen molar-refractivity contribution in [1.29, 1.82) is 0 Å². The summed E-state index contributed by atoms with van der Waals surface area (Å²) in [6, 6.07) is 0. The minimum Gasteiger partial charge on any atom is -0.481 e. The molecule has 2 N–H and O–H groups in total. The Morgan fingerprint density at radius 2 is 1.72 bits per heavy atom. The minimum atomic E-state index is -1.21. The third-order valence-corrected chi connectivity index (χ3v) is 2.70. The Morgan fingerprint density at radius 1 is 1.17 bits per heavy atom. The number of aliphatic carboxylic acids is 2. The van der Waals surface area contributed by atoms with Crippen LogP contribution >= 0.6 is 0 Å². The van der Waals surface area contributed by atoms with Gasteiger partial charge in [-0.1, -0.05) is 20.3 Å². The summed E-state index contributed by atoms with van der Waals surface area (Å²) in [6.45, 7) is 4.94. The minimum absolute atomic E-state index is 0.334. The van der Waals surface area contributed by atoms with Crippen LogP contribution in [0, 0.1) is 11.8 Å². The predicted octanol–water partition coefficient (Wildman–Crippen LogP) is 1.53. The summed E-state index contributed by atoms with van der Waals surface area (Å²) >= 11 is 0. The van der Waals surface area contributed by atoms with E-state index in [0.29, 0.717) is 6.42 Å². The van der Waals surface area contributed by atoms with Gasteiger partial charge in [0.05, 0.1) is 24.4 Å². The van der Waals surface area contributed by atoms with Gasteiger partial charge in [-0.05, 0) is 13.3 Å². The lowest BCUT2D eigenvalue weighted by atomic mass is 9.91. The second-order valence-electron chi connectivity index (χ2n) is 4.37. The molecule has 0 bridgehead atoms. The van der Waals surface area contributed by atoms with Gasteiger partial charge in [0.25, 0.3) is 0 Å². The van der Waals surface area contributed by atoms with Crippen LogP contribution in [0.15, 0.2) is 0 Å². The zero-order valence-electron chi connectivity index (χ0n) is 10.9. The van der Waals surface area contributed by atoms with Gasteiger partial charge >= 0.3 is 17.9 Å². The second-order valence-corrected chi connectivity index (χ2v) is 4.37. The molecule has 0 radical (unpaired) electrons. The molecule has 6 nitrogen and oxygen atoms in total. The topological polar surface area (TPSA) is 101 Å². The Kier molecular flexibility index (Phi) is 7.00. The molecule has 0 aromatic heterocycles. The highest BCUT2D eigenvalue weighted by Crippen LogP contribution is 2.19. The molecule has 0 rings (SSSR count). The van der Waals surface area contributed by atoms with Crippen LogP contribution < -0.4 is 0 Å². The Balaban J connectivity index is 4.69. The number of esters is 1. The van der Waals surface area contributed by atoms with Crippen LogP contribution in [0.4, 0.5) is 0 Å². The number of carboxylic acids is 2.